The smallest absolute Gasteiger partial charge is 0.138 e. The van der Waals surface area contributed by atoms with Crippen molar-refractivity contribution in [1.82, 2.24) is 19.7 Å². The van der Waals surface area contributed by atoms with Crippen LogP contribution >= 0.6 is 24.0 Å². The number of hydrogen-bond acceptors (Lipinski definition) is 4. The Morgan fingerprint density at radius 2 is 2.25 bits per heavy atom. The van der Waals surface area contributed by atoms with Gasteiger partial charge in [0.15, 0.2) is 0 Å². The lowest BCUT2D eigenvalue weighted by molar-refractivity contribution is 0.326. The highest BCUT2D eigenvalue weighted by Crippen LogP contribution is 2.22. The molecule has 2 heterocycles. The minimum absolute atomic E-state index is 0. The fraction of sp³-hybridized carbons (Fsp3) is 0.385. The van der Waals surface area contributed by atoms with Crippen LogP contribution in [0.2, 0.25) is 5.02 Å². The fourth-order valence-corrected chi connectivity index (χ4v) is 2.63. The second-order valence-corrected chi connectivity index (χ2v) is 5.33. The van der Waals surface area contributed by atoms with Crippen LogP contribution in [0.5, 0.6) is 0 Å². The SMILES string of the molecule is Cl.N[C@@H]1CCN(Cc2ccc(Cl)cc2-n2cncn2)C1. The van der Waals surface area contributed by atoms with Crippen molar-refractivity contribution >= 4 is 24.0 Å². The molecule has 5 nitrogen and oxygen atoms in total. The average Bonchev–Trinajstić information content (AvgIpc) is 3.03. The Labute approximate surface area is 129 Å². The van der Waals surface area contributed by atoms with E-state index in [4.69, 9.17) is 17.3 Å². The molecule has 2 aromatic rings. The van der Waals surface area contributed by atoms with E-state index in [-0.39, 0.29) is 12.4 Å². The lowest BCUT2D eigenvalue weighted by Crippen LogP contribution is -2.26. The van der Waals surface area contributed by atoms with Crippen LogP contribution in [0, 0.1) is 0 Å². The van der Waals surface area contributed by atoms with Gasteiger partial charge in [-0.2, -0.15) is 5.10 Å². The molecular formula is C13H17Cl2N5. The Balaban J connectivity index is 0.00000147. The Morgan fingerprint density at radius 1 is 1.40 bits per heavy atom. The molecule has 1 aromatic carbocycles. The van der Waals surface area contributed by atoms with Gasteiger partial charge in [0.1, 0.15) is 12.7 Å². The van der Waals surface area contributed by atoms with E-state index < -0.39 is 0 Å². The number of halogens is 2. The lowest BCUT2D eigenvalue weighted by Gasteiger charge is -2.17. The third-order valence-electron chi connectivity index (χ3n) is 3.42. The zero-order valence-corrected chi connectivity index (χ0v) is 12.5. The molecule has 1 saturated heterocycles. The molecule has 1 aliphatic heterocycles. The van der Waals surface area contributed by atoms with Crippen molar-refractivity contribution in [3.05, 3.63) is 41.4 Å². The summed E-state index contributed by atoms with van der Waals surface area (Å²) in [7, 11) is 0. The van der Waals surface area contributed by atoms with Crippen molar-refractivity contribution < 1.29 is 0 Å². The normalized spacial score (nSPS) is 19.0. The Kier molecular flexibility index (Phi) is 4.99. The van der Waals surface area contributed by atoms with Gasteiger partial charge in [-0.25, -0.2) is 9.67 Å². The first kappa shape index (κ1) is 15.3. The van der Waals surface area contributed by atoms with Gasteiger partial charge in [-0.15, -0.1) is 12.4 Å². The molecular weight excluding hydrogens is 297 g/mol. The molecule has 0 bridgehead atoms. The summed E-state index contributed by atoms with van der Waals surface area (Å²) in [6, 6.07) is 6.17. The molecule has 3 rings (SSSR count). The third kappa shape index (κ3) is 3.30. The summed E-state index contributed by atoms with van der Waals surface area (Å²) in [6.45, 7) is 2.85. The van der Waals surface area contributed by atoms with Gasteiger partial charge in [-0.1, -0.05) is 17.7 Å². The van der Waals surface area contributed by atoms with Crippen molar-refractivity contribution in [3.8, 4) is 5.69 Å². The van der Waals surface area contributed by atoms with Crippen LogP contribution in [0.4, 0.5) is 0 Å². The minimum atomic E-state index is 0. The predicted molar refractivity (Wildman–Crippen MR) is 81.5 cm³/mol. The van der Waals surface area contributed by atoms with Gasteiger partial charge in [0, 0.05) is 30.7 Å². The topological polar surface area (TPSA) is 60.0 Å². The van der Waals surface area contributed by atoms with Crippen molar-refractivity contribution in [2.24, 2.45) is 5.73 Å². The molecule has 108 valence electrons. The number of likely N-dealkylation sites (tertiary alicyclic amines) is 1. The highest BCUT2D eigenvalue weighted by atomic mass is 35.5. The fourth-order valence-electron chi connectivity index (χ4n) is 2.46. The number of benzene rings is 1. The summed E-state index contributed by atoms with van der Waals surface area (Å²) in [5.74, 6) is 0. The van der Waals surface area contributed by atoms with Crippen LogP contribution in [0.3, 0.4) is 0 Å². The second-order valence-electron chi connectivity index (χ2n) is 4.90. The van der Waals surface area contributed by atoms with Crippen molar-refractivity contribution in [2.75, 3.05) is 13.1 Å². The molecule has 0 amide bonds. The third-order valence-corrected chi connectivity index (χ3v) is 3.65. The first-order valence-electron chi connectivity index (χ1n) is 6.34. The molecule has 1 aliphatic rings. The Bertz CT molecular complexity index is 558. The van der Waals surface area contributed by atoms with E-state index in [1.165, 1.54) is 11.9 Å². The Hall–Kier alpha value is -1.14. The number of nitrogens with zero attached hydrogens (tertiary/aromatic N) is 4. The van der Waals surface area contributed by atoms with Crippen LogP contribution in [0.1, 0.15) is 12.0 Å². The highest BCUT2D eigenvalue weighted by molar-refractivity contribution is 6.30. The van der Waals surface area contributed by atoms with Gasteiger partial charge in [0.05, 0.1) is 5.69 Å². The Morgan fingerprint density at radius 3 is 2.90 bits per heavy atom. The van der Waals surface area contributed by atoms with E-state index in [1.807, 2.05) is 18.2 Å². The van der Waals surface area contributed by atoms with Crippen LogP contribution in [0.15, 0.2) is 30.9 Å². The van der Waals surface area contributed by atoms with E-state index in [1.54, 1.807) is 11.0 Å². The summed E-state index contributed by atoms with van der Waals surface area (Å²) in [4.78, 5) is 6.34. The zero-order chi connectivity index (χ0) is 13.2. The predicted octanol–water partition coefficient (Wildman–Crippen LogP) is 1.88. The van der Waals surface area contributed by atoms with Gasteiger partial charge >= 0.3 is 0 Å². The van der Waals surface area contributed by atoms with Crippen molar-refractivity contribution in [3.63, 3.8) is 0 Å². The maximum Gasteiger partial charge on any atom is 0.138 e. The van der Waals surface area contributed by atoms with E-state index >= 15 is 0 Å². The van der Waals surface area contributed by atoms with Gasteiger partial charge in [-0.3, -0.25) is 4.90 Å². The van der Waals surface area contributed by atoms with E-state index in [0.717, 1.165) is 31.7 Å². The summed E-state index contributed by atoms with van der Waals surface area (Å²) >= 11 is 6.08. The second kappa shape index (κ2) is 6.54. The molecule has 0 radical (unpaired) electrons. The molecule has 0 unspecified atom stereocenters. The molecule has 0 spiro atoms. The van der Waals surface area contributed by atoms with Gasteiger partial charge < -0.3 is 5.73 Å². The largest absolute Gasteiger partial charge is 0.326 e. The van der Waals surface area contributed by atoms with Crippen molar-refractivity contribution in [1.29, 1.82) is 0 Å². The minimum Gasteiger partial charge on any atom is -0.326 e. The molecule has 7 heteroatoms. The quantitative estimate of drug-likeness (QED) is 0.940. The van der Waals surface area contributed by atoms with Gasteiger partial charge in [0.25, 0.3) is 0 Å². The maximum atomic E-state index is 6.08. The molecule has 20 heavy (non-hydrogen) atoms. The number of rotatable bonds is 3. The van der Waals surface area contributed by atoms with Crippen LogP contribution in [-0.2, 0) is 6.54 Å². The highest BCUT2D eigenvalue weighted by Gasteiger charge is 2.20. The molecule has 1 aromatic heterocycles. The monoisotopic (exact) mass is 313 g/mol. The summed E-state index contributed by atoms with van der Waals surface area (Å²) < 4.78 is 1.75. The van der Waals surface area contributed by atoms with Crippen LogP contribution < -0.4 is 5.73 Å². The zero-order valence-electron chi connectivity index (χ0n) is 10.9. The van der Waals surface area contributed by atoms with E-state index in [0.29, 0.717) is 11.1 Å². The molecule has 0 saturated carbocycles. The first-order valence-corrected chi connectivity index (χ1v) is 6.71. The molecule has 1 atom stereocenters. The maximum absolute atomic E-state index is 6.08. The van der Waals surface area contributed by atoms with E-state index in [9.17, 15) is 0 Å². The molecule has 1 fully saturated rings. The summed E-state index contributed by atoms with van der Waals surface area (Å²) in [5, 5.41) is 4.88. The number of nitrogens with two attached hydrogens (primary N) is 1. The van der Waals surface area contributed by atoms with Gasteiger partial charge in [0.2, 0.25) is 0 Å². The van der Waals surface area contributed by atoms with Crippen LogP contribution in [-0.4, -0.2) is 38.8 Å². The van der Waals surface area contributed by atoms with E-state index in [2.05, 4.69) is 15.0 Å². The number of hydrogen-bond donors (Lipinski definition) is 1. The summed E-state index contributed by atoms with van der Waals surface area (Å²) in [5.41, 5.74) is 8.11. The average molecular weight is 314 g/mol. The van der Waals surface area contributed by atoms with Gasteiger partial charge in [-0.05, 0) is 24.1 Å². The number of aromatic nitrogens is 3. The molecule has 2 N–H and O–H groups in total. The lowest BCUT2D eigenvalue weighted by atomic mass is 10.1. The standard InChI is InChI=1S/C13H16ClN5.ClH/c14-11-2-1-10(6-18-4-3-12(15)7-18)13(5-11)19-9-16-8-17-19;/h1-2,5,8-9,12H,3-4,6-7,15H2;1H/t12-;/m1./s1. The summed E-state index contributed by atoms with van der Waals surface area (Å²) in [6.07, 6.45) is 4.27. The first-order chi connectivity index (χ1) is 9.22. The molecule has 0 aliphatic carbocycles. The van der Waals surface area contributed by atoms with Crippen LogP contribution in [0.25, 0.3) is 5.69 Å². The van der Waals surface area contributed by atoms with Crippen molar-refractivity contribution in [2.45, 2.75) is 19.0 Å².